The number of Topliss-reactive ketones (excluding diaryl/α,β-unsaturated/α-hetero) is 1. The molecule has 5 heteroatoms. The minimum absolute atomic E-state index is 0.284. The van der Waals surface area contributed by atoms with Gasteiger partial charge in [-0.25, -0.2) is 0 Å². The number of hydrogen-bond donors (Lipinski definition) is 0. The molecule has 278 valence electrons. The van der Waals surface area contributed by atoms with Gasteiger partial charge >= 0.3 is 336 Å². The zero-order chi connectivity index (χ0) is 36.7. The van der Waals surface area contributed by atoms with Crippen molar-refractivity contribution < 1.29 is 4.79 Å². The molecule has 0 aliphatic heterocycles. The molecule has 0 spiro atoms. The number of carbonyl (C=O) groups excluding carboxylic acids is 1. The third kappa shape index (κ3) is 7.92. The van der Waals surface area contributed by atoms with Gasteiger partial charge in [0.1, 0.15) is 0 Å². The number of hydrogen-bond acceptors (Lipinski definition) is 3. The topological polar surface area (TPSA) is 17.1 Å². The van der Waals surface area contributed by atoms with Crippen LogP contribution in [0.2, 0.25) is 26.6 Å². The second-order valence-corrected chi connectivity index (χ2v) is 46.5. The first-order chi connectivity index (χ1) is 25.4. The van der Waals surface area contributed by atoms with Gasteiger partial charge in [-0.2, -0.15) is 0 Å². The third-order valence-corrected chi connectivity index (χ3v) is 51.2. The van der Waals surface area contributed by atoms with E-state index in [0.717, 1.165) is 11.1 Å². The van der Waals surface area contributed by atoms with Crippen LogP contribution in [0, 0.1) is 0 Å². The number of thiophene rings is 2. The van der Waals surface area contributed by atoms with Gasteiger partial charge < -0.3 is 0 Å². The van der Waals surface area contributed by atoms with Gasteiger partial charge in [0.25, 0.3) is 0 Å². The van der Waals surface area contributed by atoms with Crippen LogP contribution in [-0.4, -0.2) is 42.5 Å². The van der Waals surface area contributed by atoms with Gasteiger partial charge in [-0.3, -0.25) is 0 Å². The van der Waals surface area contributed by atoms with E-state index in [1.54, 1.807) is 5.79 Å². The van der Waals surface area contributed by atoms with Crippen molar-refractivity contribution in [3.05, 3.63) is 81.5 Å². The quantitative estimate of drug-likeness (QED) is 0.0718. The average Bonchev–Trinajstić information content (AvgIpc) is 3.97. The molecule has 0 radical (unpaired) electrons. The van der Waals surface area contributed by atoms with E-state index in [1.165, 1.54) is 146 Å². The summed E-state index contributed by atoms with van der Waals surface area (Å²) >= 11 is -1.22. The SMILES string of the molecule is CCC[CH2][Sn]([CH2]CCC)([CH2]CCC)[c]1ccc(C2=C3C(=C(c4cc[c]([Sn]([CH2]CCC)([CH2]CCC)[CH2]CCC)s4)C2=O)c2cccc4cccc3c24)s1. The standard InChI is InChI=1S/C23H10OS2.6C4H9.2Sn/c24-23-21(16-9-3-11-25-16)19-14-7-1-5-13-6-2-8-15(18(13)14)20(19)22(23)17-10-4-12-26-17;6*1-3-4-2;;/h1-10H;6*1,3-4H2,2H3;;. The molecule has 2 heterocycles. The first kappa shape index (κ1) is 40.5. The van der Waals surface area contributed by atoms with Crippen LogP contribution >= 0.6 is 22.7 Å². The van der Waals surface area contributed by atoms with Crippen LogP contribution in [-0.2, 0) is 4.79 Å². The van der Waals surface area contributed by atoms with Gasteiger partial charge in [0.05, 0.1) is 0 Å². The molecule has 0 fully saturated rings. The first-order valence-corrected chi connectivity index (χ1v) is 37.8. The van der Waals surface area contributed by atoms with Crippen molar-refractivity contribution in [1.29, 1.82) is 0 Å². The number of unbranched alkanes of at least 4 members (excludes halogenated alkanes) is 6. The summed E-state index contributed by atoms with van der Waals surface area (Å²) in [5, 5.41) is 2.63. The molecule has 2 aliphatic carbocycles. The van der Waals surface area contributed by atoms with Crippen LogP contribution in [0.25, 0.3) is 33.1 Å². The maximum absolute atomic E-state index is 15.3. The van der Waals surface area contributed by atoms with Crippen LogP contribution in [0.15, 0.2) is 60.7 Å². The van der Waals surface area contributed by atoms with Gasteiger partial charge in [0.2, 0.25) is 0 Å². The summed E-state index contributed by atoms with van der Waals surface area (Å²) in [7, 11) is 0. The molecule has 0 saturated carbocycles. The predicted molar refractivity (Wildman–Crippen MR) is 240 cm³/mol. The summed E-state index contributed by atoms with van der Waals surface area (Å²) < 4.78 is 12.2. The van der Waals surface area contributed by atoms with E-state index in [4.69, 9.17) is 0 Å². The molecule has 0 bridgehead atoms. The van der Waals surface area contributed by atoms with Gasteiger partial charge in [-0.1, -0.05) is 0 Å². The van der Waals surface area contributed by atoms with E-state index >= 15 is 4.79 Å². The molecule has 0 N–H and O–H groups in total. The molecule has 0 atom stereocenters. The Bertz CT molecular complexity index is 1730. The van der Waals surface area contributed by atoms with E-state index in [-0.39, 0.29) is 5.78 Å². The summed E-state index contributed by atoms with van der Waals surface area (Å²) in [5.41, 5.74) is 6.99. The van der Waals surface area contributed by atoms with E-state index in [0.29, 0.717) is 0 Å². The fourth-order valence-corrected chi connectivity index (χ4v) is 49.8. The summed E-state index contributed by atoms with van der Waals surface area (Å²) in [6.45, 7) is 14.2. The van der Waals surface area contributed by atoms with E-state index < -0.39 is 36.8 Å². The van der Waals surface area contributed by atoms with Crippen LogP contribution in [0.5, 0.6) is 0 Å². The van der Waals surface area contributed by atoms with Crippen molar-refractivity contribution in [1.82, 2.24) is 0 Å². The van der Waals surface area contributed by atoms with Crippen molar-refractivity contribution >= 4 is 104 Å². The fourth-order valence-electron chi connectivity index (χ4n) is 9.46. The second-order valence-electron chi connectivity index (χ2n) is 16.0. The van der Waals surface area contributed by atoms with Crippen LogP contribution < -0.4 is 5.79 Å². The Balaban J connectivity index is 1.50. The Morgan fingerprint density at radius 2 is 0.788 bits per heavy atom. The minimum atomic E-state index is -2.66. The summed E-state index contributed by atoms with van der Waals surface area (Å²) in [4.78, 5) is 17.8. The van der Waals surface area contributed by atoms with Crippen molar-refractivity contribution in [3.63, 3.8) is 0 Å². The summed E-state index contributed by atoms with van der Waals surface area (Å²) in [6.07, 6.45) is 15.9. The number of carbonyl (C=O) groups is 1. The first-order valence-electron chi connectivity index (χ1n) is 21.2. The monoisotopic (exact) mass is 948 g/mol. The Morgan fingerprint density at radius 3 is 1.12 bits per heavy atom. The van der Waals surface area contributed by atoms with E-state index in [1.807, 2.05) is 22.7 Å². The number of benzene rings is 2. The molecule has 2 aromatic carbocycles. The number of fused-ring (bicyclic) bond motifs is 3. The average molecular weight is 947 g/mol. The van der Waals surface area contributed by atoms with E-state index in [2.05, 4.69) is 102 Å². The molecule has 2 aliphatic rings. The molecule has 0 saturated heterocycles. The normalized spacial score (nSPS) is 14.5. The van der Waals surface area contributed by atoms with Crippen LogP contribution in [0.1, 0.15) is 139 Å². The van der Waals surface area contributed by atoms with Crippen molar-refractivity contribution in [2.75, 3.05) is 0 Å². The Labute approximate surface area is 332 Å². The zero-order valence-electron chi connectivity index (χ0n) is 33.2. The molecule has 6 rings (SSSR count). The van der Waals surface area contributed by atoms with Crippen molar-refractivity contribution in [2.24, 2.45) is 0 Å². The summed E-state index contributed by atoms with van der Waals surface area (Å²) in [5.74, 6) is 0.284. The molecular weight excluding hydrogens is 882 g/mol. The molecule has 4 aromatic rings. The fraction of sp³-hybridized carbons (Fsp3) is 0.511. The van der Waals surface area contributed by atoms with Crippen molar-refractivity contribution in [3.8, 4) is 0 Å². The molecule has 1 nitrogen and oxygen atoms in total. The van der Waals surface area contributed by atoms with Crippen LogP contribution in [0.4, 0.5) is 0 Å². The van der Waals surface area contributed by atoms with E-state index in [9.17, 15) is 0 Å². The Hall–Kier alpha value is -1.15. The number of allylic oxidation sites excluding steroid dienone is 4. The van der Waals surface area contributed by atoms with Gasteiger partial charge in [0.15, 0.2) is 0 Å². The van der Waals surface area contributed by atoms with Crippen molar-refractivity contribution in [2.45, 2.75) is 145 Å². The summed E-state index contributed by atoms with van der Waals surface area (Å²) in [6, 6.07) is 23.4. The molecule has 0 unspecified atom stereocenters. The molecule has 52 heavy (non-hydrogen) atoms. The number of ketones is 1. The predicted octanol–water partition coefficient (Wildman–Crippen LogP) is 14.5. The Morgan fingerprint density at radius 1 is 0.442 bits per heavy atom. The second kappa shape index (κ2) is 18.7. The van der Waals surface area contributed by atoms with Gasteiger partial charge in [0, 0.05) is 0 Å². The van der Waals surface area contributed by atoms with Gasteiger partial charge in [-0.15, -0.1) is 0 Å². The number of rotatable bonds is 22. The van der Waals surface area contributed by atoms with Crippen LogP contribution in [0.3, 0.4) is 0 Å². The van der Waals surface area contributed by atoms with Gasteiger partial charge in [-0.05, 0) is 0 Å². The third-order valence-electron chi connectivity index (χ3n) is 12.5. The molecule has 2 aromatic heterocycles. The zero-order valence-corrected chi connectivity index (χ0v) is 40.6. The molecule has 0 amide bonds. The Kier molecular flexibility index (Phi) is 14.5. The maximum atomic E-state index is 15.3. The molecular formula is C47H64OS2Sn2.